The zero-order valence-corrected chi connectivity index (χ0v) is 20.6. The predicted octanol–water partition coefficient (Wildman–Crippen LogP) is 8.15. The Bertz CT molecular complexity index is 325. The smallest absolute Gasteiger partial charge is 0.329 e. The molecule has 0 aromatic carbocycles. The van der Waals surface area contributed by atoms with Crippen LogP contribution in [-0.4, -0.2) is 12.1 Å². The Morgan fingerprint density at radius 1 is 0.567 bits per heavy atom. The molecular weight excluding hydrogens is 370 g/mol. The second kappa shape index (κ2) is 24.5. The van der Waals surface area contributed by atoms with E-state index in [1.807, 2.05) is 0 Å². The van der Waals surface area contributed by atoms with Gasteiger partial charge in [0.1, 0.15) is 0 Å². The summed E-state index contributed by atoms with van der Waals surface area (Å²) in [7, 11) is 0. The van der Waals surface area contributed by atoms with Crippen LogP contribution >= 0.6 is 0 Å². The van der Waals surface area contributed by atoms with Crippen LogP contribution in [0.3, 0.4) is 0 Å². The van der Waals surface area contributed by atoms with Gasteiger partial charge in [0.2, 0.25) is 0 Å². The van der Waals surface area contributed by atoms with Crippen molar-refractivity contribution in [2.24, 2.45) is 5.84 Å². The third-order valence-corrected chi connectivity index (χ3v) is 6.28. The molecule has 0 spiro atoms. The van der Waals surface area contributed by atoms with Crippen molar-refractivity contribution in [2.45, 2.75) is 161 Å². The fourth-order valence-electron chi connectivity index (χ4n) is 4.27. The Labute approximate surface area is 188 Å². The minimum absolute atomic E-state index is 0.237. The Morgan fingerprint density at radius 3 is 1.17 bits per heavy atom. The van der Waals surface area contributed by atoms with Gasteiger partial charge in [-0.15, -0.1) is 0 Å². The molecule has 0 aromatic rings. The summed E-state index contributed by atoms with van der Waals surface area (Å²) in [5.41, 5.74) is 2.22. The Kier molecular flexibility index (Phi) is 23.9. The lowest BCUT2D eigenvalue weighted by molar-refractivity contribution is 0.235. The number of hydrazine groups is 1. The van der Waals surface area contributed by atoms with Gasteiger partial charge in [-0.05, 0) is 12.8 Å². The number of hydrogen-bond donors (Lipinski definition) is 3. The van der Waals surface area contributed by atoms with Crippen molar-refractivity contribution in [3.05, 3.63) is 0 Å². The van der Waals surface area contributed by atoms with Crippen molar-refractivity contribution in [2.75, 3.05) is 0 Å². The van der Waals surface area contributed by atoms with Crippen LogP contribution in [0.25, 0.3) is 0 Å². The number of amides is 2. The molecule has 30 heavy (non-hydrogen) atoms. The highest BCUT2D eigenvalue weighted by molar-refractivity contribution is 5.73. The summed E-state index contributed by atoms with van der Waals surface area (Å²) >= 11 is 0. The molecule has 0 atom stereocenters. The maximum atomic E-state index is 11.6. The summed E-state index contributed by atoms with van der Waals surface area (Å²) in [6, 6.07) is 0.0378. The molecule has 0 heterocycles. The van der Waals surface area contributed by atoms with Crippen LogP contribution in [0.2, 0.25) is 0 Å². The van der Waals surface area contributed by atoms with Crippen LogP contribution in [0.4, 0.5) is 4.79 Å². The van der Waals surface area contributed by atoms with Crippen molar-refractivity contribution in [3.63, 3.8) is 0 Å². The molecule has 0 radical (unpaired) electrons. The molecular formula is C26H55N3O. The van der Waals surface area contributed by atoms with Gasteiger partial charge in [-0.25, -0.2) is 10.6 Å². The van der Waals surface area contributed by atoms with Crippen LogP contribution < -0.4 is 16.6 Å². The van der Waals surface area contributed by atoms with Crippen molar-refractivity contribution in [3.8, 4) is 0 Å². The van der Waals surface area contributed by atoms with E-state index in [9.17, 15) is 4.79 Å². The molecule has 0 fully saturated rings. The van der Waals surface area contributed by atoms with Gasteiger partial charge in [0.15, 0.2) is 0 Å². The molecule has 0 aliphatic rings. The average molecular weight is 426 g/mol. The number of nitrogens with two attached hydrogens (primary N) is 1. The first-order valence-corrected chi connectivity index (χ1v) is 13.5. The van der Waals surface area contributed by atoms with E-state index in [4.69, 9.17) is 5.84 Å². The molecule has 0 saturated carbocycles. The molecule has 0 aromatic heterocycles. The fraction of sp³-hybridized carbons (Fsp3) is 0.962. The van der Waals surface area contributed by atoms with E-state index in [0.29, 0.717) is 0 Å². The summed E-state index contributed by atoms with van der Waals surface area (Å²) in [6.45, 7) is 4.55. The van der Waals surface area contributed by atoms with Crippen LogP contribution in [0, 0.1) is 0 Å². The molecule has 0 rings (SSSR count). The number of urea groups is 1. The fourth-order valence-corrected chi connectivity index (χ4v) is 4.27. The van der Waals surface area contributed by atoms with Crippen LogP contribution in [-0.2, 0) is 0 Å². The Hall–Kier alpha value is -0.770. The molecule has 0 aliphatic heterocycles. The number of unbranched alkanes of at least 4 members (excludes halogenated alkanes) is 18. The second-order valence-corrected chi connectivity index (χ2v) is 9.26. The monoisotopic (exact) mass is 425 g/mol. The van der Waals surface area contributed by atoms with Crippen molar-refractivity contribution in [1.82, 2.24) is 10.7 Å². The normalized spacial score (nSPS) is 11.2. The van der Waals surface area contributed by atoms with Gasteiger partial charge in [0.05, 0.1) is 0 Å². The summed E-state index contributed by atoms with van der Waals surface area (Å²) in [5.74, 6) is 5.26. The number of carbonyl (C=O) groups is 1. The van der Waals surface area contributed by atoms with E-state index in [2.05, 4.69) is 24.6 Å². The maximum absolute atomic E-state index is 11.6. The van der Waals surface area contributed by atoms with Crippen LogP contribution in [0.15, 0.2) is 0 Å². The zero-order valence-electron chi connectivity index (χ0n) is 20.6. The standard InChI is InChI=1S/C26H55N3O/c1-3-5-7-9-11-13-15-17-19-21-23-25(28-26(30)29-27)24-22-20-18-16-14-12-10-8-6-4-2/h25H,3-24,27H2,1-2H3,(H2,28,29,30). The van der Waals surface area contributed by atoms with Gasteiger partial charge in [-0.3, -0.25) is 5.43 Å². The first-order chi connectivity index (χ1) is 14.7. The van der Waals surface area contributed by atoms with Gasteiger partial charge in [-0.2, -0.15) is 0 Å². The molecule has 0 aliphatic carbocycles. The summed E-state index contributed by atoms with van der Waals surface area (Å²) < 4.78 is 0. The van der Waals surface area contributed by atoms with E-state index >= 15 is 0 Å². The van der Waals surface area contributed by atoms with E-state index in [0.717, 1.165) is 12.8 Å². The summed E-state index contributed by atoms with van der Waals surface area (Å²) in [4.78, 5) is 11.6. The Balaban J connectivity index is 3.67. The molecule has 180 valence electrons. The number of carbonyl (C=O) groups excluding carboxylic acids is 1. The van der Waals surface area contributed by atoms with Crippen LogP contribution in [0.5, 0.6) is 0 Å². The third kappa shape index (κ3) is 21.9. The van der Waals surface area contributed by atoms with E-state index in [1.54, 1.807) is 0 Å². The molecule has 0 bridgehead atoms. The highest BCUT2D eigenvalue weighted by Crippen LogP contribution is 2.16. The average Bonchev–Trinajstić information content (AvgIpc) is 2.75. The Morgan fingerprint density at radius 2 is 0.867 bits per heavy atom. The highest BCUT2D eigenvalue weighted by atomic mass is 16.2. The molecule has 4 nitrogen and oxygen atoms in total. The molecule has 4 heteroatoms. The summed E-state index contributed by atoms with van der Waals surface area (Å²) in [5, 5.41) is 3.05. The summed E-state index contributed by atoms with van der Waals surface area (Å²) in [6.07, 6.45) is 29.2. The van der Waals surface area contributed by atoms with E-state index in [1.165, 1.54) is 128 Å². The minimum atomic E-state index is -0.237. The predicted molar refractivity (Wildman–Crippen MR) is 133 cm³/mol. The molecule has 0 unspecified atom stereocenters. The maximum Gasteiger partial charge on any atom is 0.329 e. The topological polar surface area (TPSA) is 67.2 Å². The molecule has 4 N–H and O–H groups in total. The highest BCUT2D eigenvalue weighted by Gasteiger charge is 2.11. The van der Waals surface area contributed by atoms with E-state index in [-0.39, 0.29) is 12.1 Å². The largest absolute Gasteiger partial charge is 0.334 e. The van der Waals surface area contributed by atoms with Gasteiger partial charge in [0, 0.05) is 6.04 Å². The van der Waals surface area contributed by atoms with E-state index < -0.39 is 0 Å². The van der Waals surface area contributed by atoms with Gasteiger partial charge in [0.25, 0.3) is 0 Å². The first kappa shape index (κ1) is 29.2. The van der Waals surface area contributed by atoms with Gasteiger partial charge in [-0.1, -0.05) is 142 Å². The lowest BCUT2D eigenvalue weighted by Crippen LogP contribution is -2.45. The lowest BCUT2D eigenvalue weighted by Gasteiger charge is -2.18. The van der Waals surface area contributed by atoms with Gasteiger partial charge >= 0.3 is 6.03 Å². The molecule has 0 saturated heterocycles. The first-order valence-electron chi connectivity index (χ1n) is 13.5. The number of nitrogens with one attached hydrogen (secondary N) is 2. The number of hydrogen-bond acceptors (Lipinski definition) is 2. The third-order valence-electron chi connectivity index (χ3n) is 6.28. The quantitative estimate of drug-likeness (QED) is 0.0669. The SMILES string of the molecule is CCCCCCCCCCCCC(CCCCCCCCCCCC)NC(=O)NN. The number of rotatable bonds is 23. The van der Waals surface area contributed by atoms with Gasteiger partial charge < -0.3 is 5.32 Å². The van der Waals surface area contributed by atoms with Crippen molar-refractivity contribution < 1.29 is 4.79 Å². The molecule has 2 amide bonds. The second-order valence-electron chi connectivity index (χ2n) is 9.26. The lowest BCUT2D eigenvalue weighted by atomic mass is 9.99. The minimum Gasteiger partial charge on any atom is -0.334 e. The van der Waals surface area contributed by atoms with Crippen molar-refractivity contribution >= 4 is 6.03 Å². The van der Waals surface area contributed by atoms with Crippen LogP contribution in [0.1, 0.15) is 155 Å². The zero-order chi connectivity index (χ0) is 22.1. The van der Waals surface area contributed by atoms with Crippen molar-refractivity contribution in [1.29, 1.82) is 0 Å².